The van der Waals surface area contributed by atoms with Gasteiger partial charge < -0.3 is 10.2 Å². The van der Waals surface area contributed by atoms with Crippen LogP contribution < -0.4 is 10.2 Å². The Morgan fingerprint density at radius 2 is 1.95 bits per heavy atom. The van der Waals surface area contributed by atoms with Crippen LogP contribution in [0.15, 0.2) is 36.5 Å². The summed E-state index contributed by atoms with van der Waals surface area (Å²) in [4.78, 5) is 10.5. The first-order valence-corrected chi connectivity index (χ1v) is 6.45. The molecule has 0 saturated heterocycles. The van der Waals surface area contributed by atoms with Crippen molar-refractivity contribution in [2.45, 2.75) is 13.3 Å². The molecule has 1 aromatic carbocycles. The third-order valence-electron chi connectivity index (χ3n) is 3.00. The molecule has 0 radical (unpaired) electrons. The highest BCUT2D eigenvalue weighted by Gasteiger charge is 2.01. The summed E-state index contributed by atoms with van der Waals surface area (Å²) in [6.45, 7) is 3.01. The van der Waals surface area contributed by atoms with Gasteiger partial charge in [-0.25, -0.2) is 4.98 Å². The fourth-order valence-corrected chi connectivity index (χ4v) is 1.88. The van der Waals surface area contributed by atoms with E-state index in [1.807, 2.05) is 25.1 Å². The minimum absolute atomic E-state index is 0.723. The molecule has 0 atom stereocenters. The number of nitrogens with one attached hydrogen (secondary N) is 1. The molecule has 0 bridgehead atoms. The Hall–Kier alpha value is -2.10. The summed E-state index contributed by atoms with van der Waals surface area (Å²) in [6, 6.07) is 10.4. The number of anilines is 2. The second kappa shape index (κ2) is 6.18. The molecule has 0 amide bonds. The van der Waals surface area contributed by atoms with Crippen LogP contribution in [0.2, 0.25) is 0 Å². The van der Waals surface area contributed by atoms with E-state index in [2.05, 4.69) is 46.5 Å². The second-order valence-corrected chi connectivity index (χ2v) is 4.74. The number of hydrogen-bond acceptors (Lipinski definition) is 4. The first kappa shape index (κ1) is 13.3. The molecule has 1 N–H and O–H groups in total. The third-order valence-corrected chi connectivity index (χ3v) is 3.00. The van der Waals surface area contributed by atoms with Crippen LogP contribution in [0.25, 0.3) is 0 Å². The zero-order valence-electron chi connectivity index (χ0n) is 11.7. The van der Waals surface area contributed by atoms with Crippen molar-refractivity contribution in [1.82, 2.24) is 9.97 Å². The van der Waals surface area contributed by atoms with E-state index in [0.29, 0.717) is 0 Å². The lowest BCUT2D eigenvalue weighted by Crippen LogP contribution is -2.14. The van der Waals surface area contributed by atoms with Gasteiger partial charge in [0.25, 0.3) is 0 Å². The number of rotatable bonds is 5. The quantitative estimate of drug-likeness (QED) is 0.892. The SMILES string of the molecule is Cc1ccccc1CCNc1ccnc(N(C)C)n1. The van der Waals surface area contributed by atoms with E-state index in [9.17, 15) is 0 Å². The van der Waals surface area contributed by atoms with Crippen LogP contribution in [-0.4, -0.2) is 30.6 Å². The summed E-state index contributed by atoms with van der Waals surface area (Å²) >= 11 is 0. The van der Waals surface area contributed by atoms with E-state index in [-0.39, 0.29) is 0 Å². The molecule has 0 aliphatic rings. The highest BCUT2D eigenvalue weighted by molar-refractivity contribution is 5.40. The Kier molecular flexibility index (Phi) is 4.34. The van der Waals surface area contributed by atoms with Gasteiger partial charge in [-0.15, -0.1) is 0 Å². The van der Waals surface area contributed by atoms with Gasteiger partial charge in [0, 0.05) is 26.8 Å². The van der Waals surface area contributed by atoms with Gasteiger partial charge in [-0.3, -0.25) is 0 Å². The number of aryl methyl sites for hydroxylation is 1. The molecule has 2 rings (SSSR count). The van der Waals surface area contributed by atoms with E-state index in [0.717, 1.165) is 24.7 Å². The second-order valence-electron chi connectivity index (χ2n) is 4.74. The molecule has 0 fully saturated rings. The van der Waals surface area contributed by atoms with Crippen molar-refractivity contribution in [3.05, 3.63) is 47.7 Å². The van der Waals surface area contributed by atoms with Crippen LogP contribution in [0.3, 0.4) is 0 Å². The van der Waals surface area contributed by atoms with Crippen molar-refractivity contribution in [1.29, 1.82) is 0 Å². The van der Waals surface area contributed by atoms with Crippen LogP contribution >= 0.6 is 0 Å². The van der Waals surface area contributed by atoms with E-state index in [1.165, 1.54) is 11.1 Å². The third kappa shape index (κ3) is 3.68. The highest BCUT2D eigenvalue weighted by atomic mass is 15.2. The fourth-order valence-electron chi connectivity index (χ4n) is 1.88. The first-order valence-electron chi connectivity index (χ1n) is 6.45. The van der Waals surface area contributed by atoms with Gasteiger partial charge in [-0.2, -0.15) is 4.98 Å². The van der Waals surface area contributed by atoms with Gasteiger partial charge in [-0.05, 0) is 30.5 Å². The smallest absolute Gasteiger partial charge is 0.226 e. The van der Waals surface area contributed by atoms with Gasteiger partial charge in [0.1, 0.15) is 5.82 Å². The van der Waals surface area contributed by atoms with Crippen molar-refractivity contribution in [2.75, 3.05) is 30.9 Å². The van der Waals surface area contributed by atoms with Crippen molar-refractivity contribution in [3.63, 3.8) is 0 Å². The lowest BCUT2D eigenvalue weighted by atomic mass is 10.1. The van der Waals surface area contributed by atoms with Gasteiger partial charge in [-0.1, -0.05) is 24.3 Å². The topological polar surface area (TPSA) is 41.1 Å². The number of aromatic nitrogens is 2. The Balaban J connectivity index is 1.93. The molecule has 2 aromatic rings. The summed E-state index contributed by atoms with van der Waals surface area (Å²) in [7, 11) is 3.87. The molecule has 1 aromatic heterocycles. The molecule has 19 heavy (non-hydrogen) atoms. The average molecular weight is 256 g/mol. The molecule has 0 aliphatic carbocycles. The maximum atomic E-state index is 4.43. The Labute approximate surface area is 114 Å². The summed E-state index contributed by atoms with van der Waals surface area (Å²) in [5.41, 5.74) is 2.71. The lowest BCUT2D eigenvalue weighted by molar-refractivity contribution is 0.964. The van der Waals surface area contributed by atoms with E-state index < -0.39 is 0 Å². The zero-order chi connectivity index (χ0) is 13.7. The average Bonchev–Trinajstić information content (AvgIpc) is 2.41. The fraction of sp³-hybridized carbons (Fsp3) is 0.333. The molecular weight excluding hydrogens is 236 g/mol. The minimum atomic E-state index is 0.723. The number of benzene rings is 1. The van der Waals surface area contributed by atoms with E-state index in [4.69, 9.17) is 0 Å². The molecule has 0 saturated carbocycles. The largest absolute Gasteiger partial charge is 0.370 e. The maximum absolute atomic E-state index is 4.43. The van der Waals surface area contributed by atoms with Crippen molar-refractivity contribution >= 4 is 11.8 Å². The molecule has 0 spiro atoms. The van der Waals surface area contributed by atoms with Crippen LogP contribution in [-0.2, 0) is 6.42 Å². The molecular formula is C15H20N4. The van der Waals surface area contributed by atoms with Crippen LogP contribution in [0, 0.1) is 6.92 Å². The minimum Gasteiger partial charge on any atom is -0.370 e. The first-order chi connectivity index (χ1) is 9.16. The molecule has 100 valence electrons. The Bertz CT molecular complexity index is 537. The lowest BCUT2D eigenvalue weighted by Gasteiger charge is -2.12. The summed E-state index contributed by atoms with van der Waals surface area (Å²) in [6.07, 6.45) is 2.77. The molecule has 4 heteroatoms. The zero-order valence-corrected chi connectivity index (χ0v) is 11.7. The van der Waals surface area contributed by atoms with E-state index in [1.54, 1.807) is 6.20 Å². The predicted molar refractivity (Wildman–Crippen MR) is 79.7 cm³/mol. The number of nitrogens with zero attached hydrogens (tertiary/aromatic N) is 3. The summed E-state index contributed by atoms with van der Waals surface area (Å²) in [5.74, 6) is 1.59. The van der Waals surface area contributed by atoms with Crippen LogP contribution in [0.5, 0.6) is 0 Å². The Morgan fingerprint density at radius 3 is 2.68 bits per heavy atom. The van der Waals surface area contributed by atoms with Gasteiger partial charge in [0.15, 0.2) is 0 Å². The monoisotopic (exact) mass is 256 g/mol. The maximum Gasteiger partial charge on any atom is 0.226 e. The summed E-state index contributed by atoms with van der Waals surface area (Å²) < 4.78 is 0. The van der Waals surface area contributed by atoms with Crippen molar-refractivity contribution < 1.29 is 0 Å². The van der Waals surface area contributed by atoms with Crippen molar-refractivity contribution in [3.8, 4) is 0 Å². The van der Waals surface area contributed by atoms with Crippen LogP contribution in [0.4, 0.5) is 11.8 Å². The molecule has 0 aliphatic heterocycles. The van der Waals surface area contributed by atoms with Gasteiger partial charge in [0.05, 0.1) is 0 Å². The Morgan fingerprint density at radius 1 is 1.16 bits per heavy atom. The molecule has 0 unspecified atom stereocenters. The van der Waals surface area contributed by atoms with Gasteiger partial charge in [0.2, 0.25) is 5.95 Å². The van der Waals surface area contributed by atoms with Gasteiger partial charge >= 0.3 is 0 Å². The van der Waals surface area contributed by atoms with Crippen molar-refractivity contribution in [2.24, 2.45) is 0 Å². The standard InChI is InChI=1S/C15H20N4/c1-12-6-4-5-7-13(12)8-10-16-14-9-11-17-15(18-14)19(2)3/h4-7,9,11H,8,10H2,1-3H3,(H,16,17,18). The normalized spacial score (nSPS) is 10.3. The van der Waals surface area contributed by atoms with Crippen LogP contribution in [0.1, 0.15) is 11.1 Å². The summed E-state index contributed by atoms with van der Waals surface area (Å²) in [5, 5.41) is 3.34. The van der Waals surface area contributed by atoms with E-state index >= 15 is 0 Å². The molecule has 4 nitrogen and oxygen atoms in total. The molecule has 1 heterocycles. The highest BCUT2D eigenvalue weighted by Crippen LogP contribution is 2.10. The number of hydrogen-bond donors (Lipinski definition) is 1. The predicted octanol–water partition coefficient (Wildman–Crippen LogP) is 2.51.